The number of hydrogen-bond donors (Lipinski definition) is 3. The largest absolute Gasteiger partial charge is 0.491 e. The molecule has 34 heavy (non-hydrogen) atoms. The topological polar surface area (TPSA) is 151 Å². The van der Waals surface area contributed by atoms with Gasteiger partial charge in [0.2, 0.25) is 6.23 Å². The third kappa shape index (κ3) is 4.52. The molecular formula is C23H25N3O8. The summed E-state index contributed by atoms with van der Waals surface area (Å²) in [5.74, 6) is -0.476. The number of amides is 2. The molecule has 11 heteroatoms. The van der Waals surface area contributed by atoms with Gasteiger partial charge in [-0.15, -0.1) is 0 Å². The maximum absolute atomic E-state index is 12.4. The molecular weight excluding hydrogens is 446 g/mol. The maximum atomic E-state index is 12.4. The number of H-pyrrole nitrogens is 1. The Hall–Kier alpha value is -3.70. The van der Waals surface area contributed by atoms with E-state index in [-0.39, 0.29) is 29.9 Å². The van der Waals surface area contributed by atoms with E-state index < -0.39 is 30.2 Å². The van der Waals surface area contributed by atoms with Crippen LogP contribution >= 0.6 is 0 Å². The van der Waals surface area contributed by atoms with Gasteiger partial charge in [-0.2, -0.15) is 0 Å². The predicted molar refractivity (Wildman–Crippen MR) is 118 cm³/mol. The predicted octanol–water partition coefficient (Wildman–Crippen LogP) is 0.503. The van der Waals surface area contributed by atoms with Gasteiger partial charge in [-0.3, -0.25) is 28.8 Å². The molecule has 1 aromatic carbocycles. The first-order chi connectivity index (χ1) is 16.4. The number of carbonyl (C=O) groups excluding carboxylic acids is 2. The smallest absolute Gasteiger partial charge is 0.331 e. The molecule has 2 amide bonds. The molecule has 3 N–H and O–H groups in total. The monoisotopic (exact) mass is 471 g/mol. The average Bonchev–Trinajstić information content (AvgIpc) is 3.27. The van der Waals surface area contributed by atoms with E-state index in [1.54, 1.807) is 24.3 Å². The van der Waals surface area contributed by atoms with Crippen LogP contribution in [0, 0.1) is 0 Å². The zero-order valence-corrected chi connectivity index (χ0v) is 18.3. The van der Waals surface area contributed by atoms with Crippen molar-refractivity contribution in [2.75, 3.05) is 19.8 Å². The van der Waals surface area contributed by atoms with Gasteiger partial charge in [0.05, 0.1) is 17.7 Å². The van der Waals surface area contributed by atoms with Gasteiger partial charge in [0, 0.05) is 18.8 Å². The summed E-state index contributed by atoms with van der Waals surface area (Å²) in [5.41, 5.74) is -0.459. The van der Waals surface area contributed by atoms with Crippen LogP contribution in [0.15, 0.2) is 57.6 Å². The Morgan fingerprint density at radius 3 is 2.29 bits per heavy atom. The summed E-state index contributed by atoms with van der Waals surface area (Å²) in [6, 6.07) is 7.90. The molecule has 11 nitrogen and oxygen atoms in total. The highest BCUT2D eigenvalue weighted by atomic mass is 16.6. The third-order valence-corrected chi connectivity index (χ3v) is 5.76. The van der Waals surface area contributed by atoms with Crippen molar-refractivity contribution in [2.45, 2.75) is 38.0 Å². The van der Waals surface area contributed by atoms with Crippen molar-refractivity contribution in [3.8, 4) is 0 Å². The number of aliphatic hydroxyl groups is 2. The van der Waals surface area contributed by atoms with E-state index in [1.807, 2.05) is 0 Å². The number of nitrogens with one attached hydrogen (secondary N) is 1. The number of unbranched alkanes of at least 4 members (excludes halogenated alkanes) is 3. The fourth-order valence-corrected chi connectivity index (χ4v) is 4.03. The number of hydrogen-bond acceptors (Lipinski definition) is 8. The number of ether oxygens (including phenoxy) is 2. The van der Waals surface area contributed by atoms with Crippen LogP contribution in [-0.2, 0) is 9.47 Å². The fourth-order valence-electron chi connectivity index (χ4n) is 4.03. The molecule has 2 atom stereocenters. The second-order valence-electron chi connectivity index (χ2n) is 7.99. The summed E-state index contributed by atoms with van der Waals surface area (Å²) < 4.78 is 12.1. The Morgan fingerprint density at radius 2 is 1.65 bits per heavy atom. The molecule has 0 bridgehead atoms. The second-order valence-corrected chi connectivity index (χ2v) is 7.99. The number of carbonyl (C=O) groups is 2. The summed E-state index contributed by atoms with van der Waals surface area (Å²) in [7, 11) is 0. The highest BCUT2D eigenvalue weighted by molar-refractivity contribution is 6.21. The van der Waals surface area contributed by atoms with E-state index in [4.69, 9.17) is 9.47 Å². The minimum atomic E-state index is -1.33. The lowest BCUT2D eigenvalue weighted by molar-refractivity contribution is -0.0211. The van der Waals surface area contributed by atoms with Crippen LogP contribution in [0.25, 0.3) is 0 Å². The molecule has 0 spiro atoms. The molecule has 4 rings (SSSR count). The molecule has 0 saturated carbocycles. The van der Waals surface area contributed by atoms with Gasteiger partial charge in [-0.05, 0) is 25.0 Å². The van der Waals surface area contributed by atoms with Gasteiger partial charge in [0.15, 0.2) is 17.6 Å². The summed E-state index contributed by atoms with van der Waals surface area (Å²) in [5, 5.41) is 20.1. The summed E-state index contributed by atoms with van der Waals surface area (Å²) >= 11 is 0. The van der Waals surface area contributed by atoms with Crippen LogP contribution in [0.2, 0.25) is 0 Å². The van der Waals surface area contributed by atoms with E-state index in [2.05, 4.69) is 4.98 Å². The molecule has 0 saturated heterocycles. The molecule has 2 aliphatic heterocycles. The Morgan fingerprint density at radius 1 is 0.971 bits per heavy atom. The number of nitrogens with zero attached hydrogens (tertiary/aromatic N) is 2. The minimum Gasteiger partial charge on any atom is -0.491 e. The quantitative estimate of drug-likeness (QED) is 0.335. The SMILES string of the molecule is O=C1c2ccccc2C(=O)N1CCCCCCOC1=C(CO)O[C@@H](n2ccc(=O)[nH]c2=O)C1O. The first kappa shape index (κ1) is 23.5. The van der Waals surface area contributed by atoms with E-state index in [9.17, 15) is 29.4 Å². The molecule has 0 fully saturated rings. The van der Waals surface area contributed by atoms with E-state index in [0.717, 1.165) is 23.5 Å². The minimum absolute atomic E-state index is 0.0150. The normalized spacial score (nSPS) is 19.5. The van der Waals surface area contributed by atoms with Crippen molar-refractivity contribution in [3.05, 3.63) is 80.0 Å². The van der Waals surface area contributed by atoms with Crippen molar-refractivity contribution >= 4 is 11.8 Å². The second kappa shape index (κ2) is 10.1. The van der Waals surface area contributed by atoms with E-state index in [0.29, 0.717) is 30.5 Å². The van der Waals surface area contributed by atoms with Gasteiger partial charge in [0.25, 0.3) is 17.4 Å². The van der Waals surface area contributed by atoms with Gasteiger partial charge in [0.1, 0.15) is 6.61 Å². The number of aromatic nitrogens is 2. The van der Waals surface area contributed by atoms with Crippen molar-refractivity contribution in [1.29, 1.82) is 0 Å². The van der Waals surface area contributed by atoms with Gasteiger partial charge >= 0.3 is 5.69 Å². The summed E-state index contributed by atoms with van der Waals surface area (Å²) in [6.07, 6.45) is 1.49. The number of imide groups is 1. The van der Waals surface area contributed by atoms with Crippen molar-refractivity contribution < 1.29 is 29.3 Å². The molecule has 0 radical (unpaired) electrons. The number of fused-ring (bicyclic) bond motifs is 1. The number of aliphatic hydroxyl groups excluding tert-OH is 2. The van der Waals surface area contributed by atoms with Gasteiger partial charge < -0.3 is 19.7 Å². The Bertz CT molecular complexity index is 1200. The maximum Gasteiger partial charge on any atom is 0.331 e. The number of rotatable bonds is 10. The van der Waals surface area contributed by atoms with E-state index >= 15 is 0 Å². The molecule has 1 aromatic heterocycles. The Balaban J connectivity index is 1.22. The van der Waals surface area contributed by atoms with Crippen molar-refractivity contribution in [1.82, 2.24) is 14.5 Å². The highest BCUT2D eigenvalue weighted by Gasteiger charge is 2.38. The van der Waals surface area contributed by atoms with Crippen LogP contribution in [0.3, 0.4) is 0 Å². The van der Waals surface area contributed by atoms with Crippen LogP contribution < -0.4 is 11.2 Å². The molecule has 2 aliphatic rings. The Kier molecular flexibility index (Phi) is 6.94. The van der Waals surface area contributed by atoms with Crippen LogP contribution in [0.5, 0.6) is 0 Å². The van der Waals surface area contributed by atoms with Crippen molar-refractivity contribution in [2.24, 2.45) is 0 Å². The zero-order valence-electron chi connectivity index (χ0n) is 18.3. The lowest BCUT2D eigenvalue weighted by Crippen LogP contribution is -2.36. The number of benzene rings is 1. The fraction of sp³-hybridized carbons (Fsp3) is 0.391. The van der Waals surface area contributed by atoms with Gasteiger partial charge in [-0.1, -0.05) is 25.0 Å². The molecule has 0 aliphatic carbocycles. The lowest BCUT2D eigenvalue weighted by Gasteiger charge is -2.18. The van der Waals surface area contributed by atoms with Crippen LogP contribution in [0.1, 0.15) is 52.6 Å². The molecule has 180 valence electrons. The van der Waals surface area contributed by atoms with Crippen molar-refractivity contribution in [3.63, 3.8) is 0 Å². The van der Waals surface area contributed by atoms with Crippen LogP contribution in [-0.4, -0.2) is 62.3 Å². The lowest BCUT2D eigenvalue weighted by atomic mass is 10.1. The molecule has 1 unspecified atom stereocenters. The molecule has 2 aromatic rings. The van der Waals surface area contributed by atoms with Crippen LogP contribution in [0.4, 0.5) is 0 Å². The first-order valence-corrected chi connectivity index (χ1v) is 11.0. The summed E-state index contributed by atoms with van der Waals surface area (Å²) in [4.78, 5) is 51.3. The molecule has 3 heterocycles. The average molecular weight is 471 g/mol. The van der Waals surface area contributed by atoms with E-state index in [1.165, 1.54) is 11.1 Å². The number of aromatic amines is 1. The van der Waals surface area contributed by atoms with Gasteiger partial charge in [-0.25, -0.2) is 4.79 Å². The standard InChI is InChI=1S/C23H25N3O8/c27-13-16-19(18(29)22(34-16)26-11-9-17(28)24-23(26)32)33-12-6-2-1-5-10-25-20(30)14-7-3-4-8-15(14)21(25)31/h3-4,7-9,11,18,22,27,29H,1-2,5-6,10,12-13H2,(H,24,28,32)/t18?,22-/m1/s1. The first-order valence-electron chi connectivity index (χ1n) is 11.0. The summed E-state index contributed by atoms with van der Waals surface area (Å²) in [6.45, 7) is 0.0515. The Labute approximate surface area is 193 Å². The zero-order chi connectivity index (χ0) is 24.2. The third-order valence-electron chi connectivity index (χ3n) is 5.76. The highest BCUT2D eigenvalue weighted by Crippen LogP contribution is 2.32.